The molecule has 0 saturated heterocycles. The van der Waals surface area contributed by atoms with Gasteiger partial charge >= 0.3 is 0 Å². The minimum Gasteiger partial charge on any atom is -0.461 e. The van der Waals surface area contributed by atoms with Gasteiger partial charge in [-0.15, -0.1) is 11.3 Å². The Kier molecular flexibility index (Phi) is 4.01. The fraction of sp³-hybridized carbons (Fsp3) is 0.231. The highest BCUT2D eigenvalue weighted by Crippen LogP contribution is 2.29. The summed E-state index contributed by atoms with van der Waals surface area (Å²) in [5.41, 5.74) is 0. The molecule has 0 fully saturated rings. The smallest absolute Gasteiger partial charge is 0.261 e. The van der Waals surface area contributed by atoms with Crippen LogP contribution in [0, 0.1) is 6.92 Å². The number of carbonyl (C=O) groups is 2. The summed E-state index contributed by atoms with van der Waals surface area (Å²) in [5.74, 6) is 1.08. The van der Waals surface area contributed by atoms with Crippen LogP contribution in [0.15, 0.2) is 28.7 Å². The van der Waals surface area contributed by atoms with Crippen molar-refractivity contribution in [2.45, 2.75) is 6.92 Å². The van der Waals surface area contributed by atoms with Gasteiger partial charge in [-0.2, -0.15) is 0 Å². The molecule has 0 aliphatic rings. The molecule has 19 heavy (non-hydrogen) atoms. The van der Waals surface area contributed by atoms with Gasteiger partial charge < -0.3 is 15.1 Å². The third-order valence-electron chi connectivity index (χ3n) is 2.50. The van der Waals surface area contributed by atoms with E-state index in [1.807, 2.05) is 25.1 Å². The molecule has 2 aromatic rings. The molecular formula is C13H14N2O3S. The summed E-state index contributed by atoms with van der Waals surface area (Å²) in [6.45, 7) is 1.84. The van der Waals surface area contributed by atoms with E-state index in [1.165, 1.54) is 18.4 Å². The lowest BCUT2D eigenvalue weighted by Gasteiger charge is -2.01. The van der Waals surface area contributed by atoms with Crippen molar-refractivity contribution in [3.63, 3.8) is 0 Å². The Hall–Kier alpha value is -2.08. The van der Waals surface area contributed by atoms with Gasteiger partial charge in [-0.25, -0.2) is 0 Å². The van der Waals surface area contributed by atoms with E-state index in [9.17, 15) is 9.59 Å². The lowest BCUT2D eigenvalue weighted by molar-refractivity contribution is -0.119. The van der Waals surface area contributed by atoms with Gasteiger partial charge in [-0.1, -0.05) is 0 Å². The fourth-order valence-electron chi connectivity index (χ4n) is 1.50. The fourth-order valence-corrected chi connectivity index (χ4v) is 2.38. The summed E-state index contributed by atoms with van der Waals surface area (Å²) >= 11 is 1.33. The minimum atomic E-state index is -0.261. The Morgan fingerprint density at radius 3 is 2.68 bits per heavy atom. The Bertz CT molecular complexity index is 601. The number of nitrogens with one attached hydrogen (secondary N) is 2. The minimum absolute atomic E-state index is 0.0254. The lowest BCUT2D eigenvalue weighted by Crippen LogP contribution is -2.34. The van der Waals surface area contributed by atoms with Crippen molar-refractivity contribution < 1.29 is 14.0 Å². The molecule has 2 rings (SSSR count). The molecule has 0 spiro atoms. The van der Waals surface area contributed by atoms with Crippen LogP contribution in [0.5, 0.6) is 0 Å². The molecular weight excluding hydrogens is 264 g/mol. The van der Waals surface area contributed by atoms with Gasteiger partial charge in [0.1, 0.15) is 11.5 Å². The van der Waals surface area contributed by atoms with Gasteiger partial charge in [0.2, 0.25) is 5.91 Å². The number of rotatable bonds is 4. The SMILES string of the molecule is CNC(=O)CNC(=O)c1ccc(-c2ccc(C)o2)s1. The average molecular weight is 278 g/mol. The van der Waals surface area contributed by atoms with Gasteiger partial charge in [0, 0.05) is 7.05 Å². The molecule has 0 aliphatic carbocycles. The van der Waals surface area contributed by atoms with Gasteiger partial charge in [0.05, 0.1) is 16.3 Å². The molecule has 100 valence electrons. The number of hydrogen-bond donors (Lipinski definition) is 2. The van der Waals surface area contributed by atoms with E-state index >= 15 is 0 Å². The second kappa shape index (κ2) is 5.71. The average Bonchev–Trinajstić information content (AvgIpc) is 3.03. The van der Waals surface area contributed by atoms with Gasteiger partial charge in [0.15, 0.2) is 0 Å². The molecule has 5 nitrogen and oxygen atoms in total. The first-order valence-corrected chi connectivity index (χ1v) is 6.57. The van der Waals surface area contributed by atoms with Crippen LogP contribution in [0.2, 0.25) is 0 Å². The molecule has 2 N–H and O–H groups in total. The molecule has 0 bridgehead atoms. The van der Waals surface area contributed by atoms with Crippen molar-refractivity contribution in [2.24, 2.45) is 0 Å². The van der Waals surface area contributed by atoms with Crippen LogP contribution in [-0.2, 0) is 4.79 Å². The predicted molar refractivity (Wildman–Crippen MR) is 73.2 cm³/mol. The van der Waals surface area contributed by atoms with Gasteiger partial charge in [-0.3, -0.25) is 9.59 Å². The van der Waals surface area contributed by atoms with E-state index in [0.717, 1.165) is 16.4 Å². The zero-order valence-corrected chi connectivity index (χ0v) is 11.5. The number of amides is 2. The van der Waals surface area contributed by atoms with E-state index in [1.54, 1.807) is 6.07 Å². The zero-order chi connectivity index (χ0) is 13.8. The Morgan fingerprint density at radius 2 is 2.05 bits per heavy atom. The van der Waals surface area contributed by atoms with Crippen molar-refractivity contribution in [3.8, 4) is 10.6 Å². The number of aryl methyl sites for hydroxylation is 1. The van der Waals surface area contributed by atoms with E-state index in [2.05, 4.69) is 10.6 Å². The summed E-state index contributed by atoms with van der Waals surface area (Å²) in [6, 6.07) is 7.29. The van der Waals surface area contributed by atoms with Crippen molar-refractivity contribution in [1.29, 1.82) is 0 Å². The molecule has 2 aromatic heterocycles. The summed E-state index contributed by atoms with van der Waals surface area (Å²) < 4.78 is 5.49. The first kappa shape index (κ1) is 13.4. The number of hydrogen-bond acceptors (Lipinski definition) is 4. The maximum absolute atomic E-state index is 11.8. The highest BCUT2D eigenvalue weighted by atomic mass is 32.1. The quantitative estimate of drug-likeness (QED) is 0.895. The number of thiophene rings is 1. The zero-order valence-electron chi connectivity index (χ0n) is 10.6. The molecule has 0 atom stereocenters. The number of likely N-dealkylation sites (N-methyl/N-ethyl adjacent to an activating group) is 1. The summed E-state index contributed by atoms with van der Waals surface area (Å²) in [4.78, 5) is 24.3. The highest BCUT2D eigenvalue weighted by Gasteiger charge is 2.12. The van der Waals surface area contributed by atoms with Crippen molar-refractivity contribution >= 4 is 23.2 Å². The Morgan fingerprint density at radius 1 is 1.26 bits per heavy atom. The van der Waals surface area contributed by atoms with Gasteiger partial charge in [-0.05, 0) is 31.2 Å². The molecule has 0 radical (unpaired) electrons. The van der Waals surface area contributed by atoms with Crippen LogP contribution in [0.3, 0.4) is 0 Å². The second-order valence-electron chi connectivity index (χ2n) is 3.93. The van der Waals surface area contributed by atoms with Crippen molar-refractivity contribution in [3.05, 3.63) is 34.9 Å². The van der Waals surface area contributed by atoms with Crippen LogP contribution < -0.4 is 10.6 Å². The summed E-state index contributed by atoms with van der Waals surface area (Å²) in [6.07, 6.45) is 0. The third kappa shape index (κ3) is 3.23. The first-order valence-electron chi connectivity index (χ1n) is 5.75. The normalized spacial score (nSPS) is 10.2. The van der Waals surface area contributed by atoms with Crippen molar-refractivity contribution in [1.82, 2.24) is 10.6 Å². The molecule has 0 saturated carbocycles. The van der Waals surface area contributed by atoms with Gasteiger partial charge in [0.25, 0.3) is 5.91 Å². The summed E-state index contributed by atoms with van der Waals surface area (Å²) in [5, 5.41) is 4.99. The monoisotopic (exact) mass is 278 g/mol. The molecule has 2 amide bonds. The largest absolute Gasteiger partial charge is 0.461 e. The lowest BCUT2D eigenvalue weighted by atomic mass is 10.3. The van der Waals surface area contributed by atoms with Crippen molar-refractivity contribution in [2.75, 3.05) is 13.6 Å². The predicted octanol–water partition coefficient (Wildman–Crippen LogP) is 1.79. The molecule has 0 unspecified atom stereocenters. The highest BCUT2D eigenvalue weighted by molar-refractivity contribution is 7.17. The molecule has 0 aromatic carbocycles. The molecule has 6 heteroatoms. The standard InChI is InChI=1S/C13H14N2O3S/c1-8-3-4-9(18-8)10-5-6-11(19-10)13(17)15-7-12(16)14-2/h3-6H,7H2,1-2H3,(H,14,16)(H,15,17). The van der Waals surface area contributed by atoms with Crippen LogP contribution >= 0.6 is 11.3 Å². The van der Waals surface area contributed by atoms with E-state index in [0.29, 0.717) is 4.88 Å². The van der Waals surface area contributed by atoms with E-state index in [4.69, 9.17) is 4.42 Å². The molecule has 0 aliphatic heterocycles. The van der Waals surface area contributed by atoms with Crippen LogP contribution in [-0.4, -0.2) is 25.4 Å². The maximum Gasteiger partial charge on any atom is 0.261 e. The number of furan rings is 1. The van der Waals surface area contributed by atoms with E-state index in [-0.39, 0.29) is 18.4 Å². The first-order chi connectivity index (χ1) is 9.10. The Labute approximate surface area is 114 Å². The summed E-state index contributed by atoms with van der Waals surface area (Å²) in [7, 11) is 1.52. The van der Waals surface area contributed by atoms with E-state index < -0.39 is 0 Å². The van der Waals surface area contributed by atoms with Crippen LogP contribution in [0.4, 0.5) is 0 Å². The number of carbonyl (C=O) groups excluding carboxylic acids is 2. The Balaban J connectivity index is 2.04. The van der Waals surface area contributed by atoms with Crippen LogP contribution in [0.1, 0.15) is 15.4 Å². The maximum atomic E-state index is 11.8. The molecule has 2 heterocycles. The third-order valence-corrected chi connectivity index (χ3v) is 3.60. The van der Waals surface area contributed by atoms with Crippen LogP contribution in [0.25, 0.3) is 10.6 Å². The topological polar surface area (TPSA) is 71.3 Å². The second-order valence-corrected chi connectivity index (χ2v) is 5.01.